The van der Waals surface area contributed by atoms with Crippen molar-refractivity contribution in [1.82, 2.24) is 0 Å². The van der Waals surface area contributed by atoms with Crippen molar-refractivity contribution in [3.8, 4) is 0 Å². The van der Waals surface area contributed by atoms with Crippen LogP contribution in [0.15, 0.2) is 82.8 Å². The number of anilines is 1. The monoisotopic (exact) mass is 479 g/mol. The van der Waals surface area contributed by atoms with Gasteiger partial charge in [-0.25, -0.2) is 0 Å². The highest BCUT2D eigenvalue weighted by Gasteiger charge is 2.24. The van der Waals surface area contributed by atoms with E-state index in [1.54, 1.807) is 23.1 Å². The maximum Gasteiger partial charge on any atom is 0.309 e. The molecule has 0 bridgehead atoms. The molecule has 0 fully saturated rings. The molecular weight excluding hydrogens is 456 g/mol. The molecule has 1 aliphatic rings. The molecule has 0 atom stereocenters. The van der Waals surface area contributed by atoms with Crippen LogP contribution in [-0.4, -0.2) is 30.7 Å². The first-order valence-electron chi connectivity index (χ1n) is 10.5. The van der Waals surface area contributed by atoms with Gasteiger partial charge in [-0.3, -0.25) is 9.59 Å². The fraction of sp³-hybridized carbons (Fsp3) is 0.160. The number of thioether (sulfide) groups is 1. The highest BCUT2D eigenvalue weighted by molar-refractivity contribution is 8.03. The van der Waals surface area contributed by atoms with Crippen LogP contribution in [0.4, 0.5) is 5.69 Å². The molecule has 4 rings (SSSR count). The number of hydrogen-bond donors (Lipinski definition) is 1. The summed E-state index contributed by atoms with van der Waals surface area (Å²) < 4.78 is 8.07. The molecule has 8 heteroatoms. The van der Waals surface area contributed by atoms with Gasteiger partial charge in [0.25, 0.3) is 11.5 Å². The average molecular weight is 480 g/mol. The molecule has 2 aromatic carbocycles. The lowest BCUT2D eigenvalue weighted by molar-refractivity contribution is -0.667. The minimum Gasteiger partial charge on any atom is -0.481 e. The summed E-state index contributed by atoms with van der Waals surface area (Å²) in [6.07, 6.45) is 10.0. The zero-order valence-electron chi connectivity index (χ0n) is 17.8. The van der Waals surface area contributed by atoms with Gasteiger partial charge in [0.2, 0.25) is 5.52 Å². The number of thiazole rings is 1. The van der Waals surface area contributed by atoms with Gasteiger partial charge in [-0.2, -0.15) is 4.57 Å². The minimum absolute atomic E-state index is 0.0790. The maximum absolute atomic E-state index is 11.1. The number of aliphatic carboxylic acids is 1. The first-order valence-corrected chi connectivity index (χ1v) is 12.1. The van der Waals surface area contributed by atoms with Gasteiger partial charge in [-0.1, -0.05) is 65.6 Å². The van der Waals surface area contributed by atoms with Crippen molar-refractivity contribution in [3.63, 3.8) is 0 Å². The van der Waals surface area contributed by atoms with E-state index in [1.165, 1.54) is 4.90 Å². The first kappa shape index (κ1) is 22.8. The van der Waals surface area contributed by atoms with E-state index in [9.17, 15) is 9.59 Å². The molecular formula is C25H23N2O4S2+. The van der Waals surface area contributed by atoms with Crippen LogP contribution in [-0.2, 0) is 20.9 Å². The number of benzene rings is 2. The largest absolute Gasteiger partial charge is 0.481 e. The quantitative estimate of drug-likeness (QED) is 0.194. The molecule has 1 aliphatic heterocycles. The number of ether oxygens (including phenoxy) is 1. The van der Waals surface area contributed by atoms with Gasteiger partial charge in [0, 0.05) is 17.0 Å². The van der Waals surface area contributed by atoms with Gasteiger partial charge in [-0.05, 0) is 24.3 Å². The van der Waals surface area contributed by atoms with E-state index in [2.05, 4.69) is 21.6 Å². The standard InChI is InChI=1S/C25H22N2O4S2/c28-18-31-17-16-27-20-9-5-7-11-22(20)33-24(27)13-3-1-2-12-23-26(15-14-25(29)30)19-8-4-6-10-21(19)32-23/h1-13,18H,14-17H2/p+1. The van der Waals surface area contributed by atoms with Gasteiger partial charge in [0.1, 0.15) is 17.7 Å². The van der Waals surface area contributed by atoms with Gasteiger partial charge >= 0.3 is 5.97 Å². The normalized spacial score (nSPS) is 14.5. The second-order valence-corrected chi connectivity index (χ2v) is 9.27. The molecule has 2 heterocycles. The molecule has 0 amide bonds. The van der Waals surface area contributed by atoms with Gasteiger partial charge in [0.05, 0.1) is 17.3 Å². The summed E-state index contributed by atoms with van der Waals surface area (Å²) in [6.45, 7) is 1.81. The molecule has 0 saturated carbocycles. The molecule has 168 valence electrons. The summed E-state index contributed by atoms with van der Waals surface area (Å²) in [4.78, 5) is 24.9. The number of para-hydroxylation sites is 2. The van der Waals surface area contributed by atoms with Gasteiger partial charge < -0.3 is 14.7 Å². The summed E-state index contributed by atoms with van der Waals surface area (Å²) in [7, 11) is 0. The number of aryl methyl sites for hydroxylation is 1. The Balaban J connectivity index is 1.50. The Bertz CT molecular complexity index is 1250. The predicted octanol–water partition coefficient (Wildman–Crippen LogP) is 4.86. The first-order chi connectivity index (χ1) is 16.2. The third kappa shape index (κ3) is 5.53. The molecule has 0 spiro atoms. The van der Waals surface area contributed by atoms with Crippen molar-refractivity contribution >= 4 is 57.5 Å². The molecule has 1 aromatic heterocycles. The van der Waals surface area contributed by atoms with E-state index in [1.807, 2.05) is 66.8 Å². The van der Waals surface area contributed by atoms with E-state index < -0.39 is 5.97 Å². The molecule has 0 aliphatic carbocycles. The van der Waals surface area contributed by atoms with E-state index in [0.717, 1.165) is 25.9 Å². The number of carboxylic acid groups (broad SMARTS) is 1. The van der Waals surface area contributed by atoms with Crippen molar-refractivity contribution in [2.45, 2.75) is 17.9 Å². The molecule has 0 unspecified atom stereocenters. The van der Waals surface area contributed by atoms with E-state index in [0.29, 0.717) is 26.2 Å². The Morgan fingerprint density at radius 1 is 1.09 bits per heavy atom. The molecule has 3 aromatic rings. The van der Waals surface area contributed by atoms with Crippen molar-refractivity contribution < 1.29 is 24.0 Å². The van der Waals surface area contributed by atoms with Crippen LogP contribution in [0.2, 0.25) is 0 Å². The Hall–Kier alpha value is -3.36. The lowest BCUT2D eigenvalue weighted by Gasteiger charge is -2.19. The number of rotatable bonds is 10. The summed E-state index contributed by atoms with van der Waals surface area (Å²) in [6, 6.07) is 16.2. The highest BCUT2D eigenvalue weighted by Crippen LogP contribution is 2.45. The van der Waals surface area contributed by atoms with Crippen molar-refractivity contribution in [2.24, 2.45) is 0 Å². The average Bonchev–Trinajstić information content (AvgIpc) is 3.35. The fourth-order valence-electron chi connectivity index (χ4n) is 3.55. The van der Waals surface area contributed by atoms with Crippen LogP contribution < -0.4 is 9.47 Å². The highest BCUT2D eigenvalue weighted by atomic mass is 32.2. The third-order valence-electron chi connectivity index (χ3n) is 5.02. The third-order valence-corrected chi connectivity index (χ3v) is 7.28. The van der Waals surface area contributed by atoms with E-state index >= 15 is 0 Å². The molecule has 0 saturated heterocycles. The lowest BCUT2D eigenvalue weighted by atomic mass is 10.3. The Labute approximate surface area is 200 Å². The number of carbonyl (C=O) groups is 2. The Kier molecular flexibility index (Phi) is 7.59. The summed E-state index contributed by atoms with van der Waals surface area (Å²) >= 11 is 3.32. The summed E-state index contributed by atoms with van der Waals surface area (Å²) in [5.74, 6) is -0.808. The predicted molar refractivity (Wildman–Crippen MR) is 132 cm³/mol. The molecule has 33 heavy (non-hydrogen) atoms. The zero-order chi connectivity index (χ0) is 23.0. The fourth-order valence-corrected chi connectivity index (χ4v) is 5.76. The second kappa shape index (κ2) is 11.0. The van der Waals surface area contributed by atoms with Gasteiger partial charge in [-0.15, -0.1) is 0 Å². The lowest BCUT2D eigenvalue weighted by Crippen LogP contribution is -2.36. The van der Waals surface area contributed by atoms with Crippen LogP contribution >= 0.6 is 23.1 Å². The minimum atomic E-state index is -0.808. The van der Waals surface area contributed by atoms with Crippen molar-refractivity contribution in [1.29, 1.82) is 0 Å². The number of nitrogens with zero attached hydrogens (tertiary/aromatic N) is 2. The van der Waals surface area contributed by atoms with E-state index in [4.69, 9.17) is 9.84 Å². The molecule has 1 N–H and O–H groups in total. The van der Waals surface area contributed by atoms with Crippen molar-refractivity contribution in [3.05, 3.63) is 82.9 Å². The Morgan fingerprint density at radius 2 is 1.91 bits per heavy atom. The number of carboxylic acids is 1. The maximum atomic E-state index is 11.1. The number of allylic oxidation sites excluding steroid dienone is 4. The van der Waals surface area contributed by atoms with Crippen LogP contribution in [0.1, 0.15) is 11.4 Å². The van der Waals surface area contributed by atoms with E-state index in [-0.39, 0.29) is 6.42 Å². The number of aromatic nitrogens is 1. The number of fused-ring (bicyclic) bond motifs is 2. The summed E-state index contributed by atoms with van der Waals surface area (Å²) in [5.41, 5.74) is 2.15. The number of carbonyl (C=O) groups excluding carboxylic acids is 1. The van der Waals surface area contributed by atoms with Crippen LogP contribution in [0.3, 0.4) is 0 Å². The van der Waals surface area contributed by atoms with Crippen LogP contribution in [0, 0.1) is 0 Å². The second-order valence-electron chi connectivity index (χ2n) is 7.14. The van der Waals surface area contributed by atoms with Gasteiger partial charge in [0.15, 0.2) is 6.54 Å². The molecule has 6 nitrogen and oxygen atoms in total. The Morgan fingerprint density at radius 3 is 2.76 bits per heavy atom. The SMILES string of the molecule is O=COCCN1C(=CC=CC=Cc2sc3ccccc3[n+]2CCC(=O)O)Sc2ccccc21. The van der Waals surface area contributed by atoms with Crippen LogP contribution in [0.25, 0.3) is 16.3 Å². The summed E-state index contributed by atoms with van der Waals surface area (Å²) in [5, 5.41) is 11.2. The zero-order valence-corrected chi connectivity index (χ0v) is 19.4. The molecule has 0 radical (unpaired) electrons. The van der Waals surface area contributed by atoms with Crippen LogP contribution in [0.5, 0.6) is 0 Å². The van der Waals surface area contributed by atoms with Crippen molar-refractivity contribution in [2.75, 3.05) is 18.1 Å². The smallest absolute Gasteiger partial charge is 0.309 e. The topological polar surface area (TPSA) is 70.7 Å². The number of hydrogen-bond acceptors (Lipinski definition) is 6.